The molecule has 1 aromatic rings. The zero-order valence-corrected chi connectivity index (χ0v) is 20.8. The molecule has 0 atom stereocenters. The molecule has 0 bridgehead atoms. The van der Waals surface area contributed by atoms with Gasteiger partial charge in [0, 0.05) is 46.0 Å². The summed E-state index contributed by atoms with van der Waals surface area (Å²) < 4.78 is 6.08. The minimum absolute atomic E-state index is 0.0330. The van der Waals surface area contributed by atoms with Crippen LogP contribution in [0.15, 0.2) is 5.11 Å². The maximum Gasteiger partial charge on any atom is 0.321 e. The van der Waals surface area contributed by atoms with Crippen molar-refractivity contribution in [3.8, 4) is 6.01 Å². The van der Waals surface area contributed by atoms with Crippen LogP contribution in [0.2, 0.25) is 0 Å². The maximum atomic E-state index is 12.7. The van der Waals surface area contributed by atoms with Gasteiger partial charge < -0.3 is 10.1 Å². The molecule has 1 N–H and O–H groups in total. The van der Waals surface area contributed by atoms with Crippen molar-refractivity contribution in [3.63, 3.8) is 0 Å². The van der Waals surface area contributed by atoms with Gasteiger partial charge in [-0.3, -0.25) is 0 Å². The normalized spacial score (nSPS) is 25.3. The van der Waals surface area contributed by atoms with Gasteiger partial charge in [-0.2, -0.15) is 15.0 Å². The van der Waals surface area contributed by atoms with Crippen molar-refractivity contribution in [3.05, 3.63) is 10.4 Å². The summed E-state index contributed by atoms with van der Waals surface area (Å²) in [6.45, 7) is 15.2. The number of anilines is 1. The van der Waals surface area contributed by atoms with Crippen LogP contribution in [0.4, 0.5) is 11.9 Å². The van der Waals surface area contributed by atoms with E-state index in [0.717, 1.165) is 10.1 Å². The van der Waals surface area contributed by atoms with Gasteiger partial charge in [-0.05, 0) is 78.9 Å². The molecule has 0 aliphatic carbocycles. The first-order valence-electron chi connectivity index (χ1n) is 11.3. The number of azide groups is 1. The van der Waals surface area contributed by atoms with Crippen molar-refractivity contribution in [2.75, 3.05) is 5.32 Å². The van der Waals surface area contributed by atoms with Crippen LogP contribution in [0.1, 0.15) is 81.1 Å². The molecule has 3 rings (SSSR count). The number of hydroxylamine groups is 4. The third-order valence-corrected chi connectivity index (χ3v) is 6.49. The Bertz CT molecular complexity index is 829. The molecule has 33 heavy (non-hydrogen) atoms. The quantitative estimate of drug-likeness (QED) is 0.388. The van der Waals surface area contributed by atoms with E-state index < -0.39 is 22.2 Å². The summed E-state index contributed by atoms with van der Waals surface area (Å²) >= 11 is 0. The molecule has 2 radical (unpaired) electrons. The van der Waals surface area contributed by atoms with Gasteiger partial charge in [0.05, 0.1) is 0 Å². The molecule has 0 saturated carbocycles. The predicted octanol–water partition coefficient (Wildman–Crippen LogP) is 4.34. The van der Waals surface area contributed by atoms with E-state index in [0.29, 0.717) is 25.7 Å². The highest BCUT2D eigenvalue weighted by Crippen LogP contribution is 2.39. The van der Waals surface area contributed by atoms with Crippen molar-refractivity contribution < 1.29 is 15.2 Å². The van der Waals surface area contributed by atoms with Crippen LogP contribution in [0.5, 0.6) is 6.01 Å². The van der Waals surface area contributed by atoms with Crippen molar-refractivity contribution >= 4 is 11.9 Å². The lowest BCUT2D eigenvalue weighted by molar-refractivity contribution is -0.297. The second-order valence-electron chi connectivity index (χ2n) is 11.7. The summed E-state index contributed by atoms with van der Waals surface area (Å²) in [5.74, 6) is 0.114. The second kappa shape index (κ2) is 8.52. The molecule has 2 fully saturated rings. The summed E-state index contributed by atoms with van der Waals surface area (Å²) in [6.07, 6.45) is 1.87. The van der Waals surface area contributed by atoms with Crippen LogP contribution in [0, 0.1) is 0 Å². The van der Waals surface area contributed by atoms with E-state index >= 15 is 0 Å². The molecule has 0 aromatic carbocycles. The predicted molar refractivity (Wildman–Crippen MR) is 120 cm³/mol. The van der Waals surface area contributed by atoms with Crippen LogP contribution in [-0.2, 0) is 10.4 Å². The van der Waals surface area contributed by atoms with Crippen LogP contribution >= 0.6 is 0 Å². The minimum atomic E-state index is -0.613. The fourth-order valence-corrected chi connectivity index (χ4v) is 5.50. The minimum Gasteiger partial charge on any atom is -0.460 e. The van der Waals surface area contributed by atoms with E-state index in [1.807, 2.05) is 55.4 Å². The highest BCUT2D eigenvalue weighted by Gasteiger charge is 2.48. The Morgan fingerprint density at radius 2 is 1.36 bits per heavy atom. The summed E-state index contributed by atoms with van der Waals surface area (Å²) in [5, 5.41) is 34.4. The SMILES string of the molecule is CC1(C)CC(Nc2nc(N=[N+]=[N-])nc(OC3CC(C)(C)N([O])C(C)(C)C3)n2)CC(C)(C)N1[O]. The molecular formula is C21H35N9O3. The van der Waals surface area contributed by atoms with Crippen LogP contribution in [0.25, 0.3) is 10.4 Å². The zero-order chi connectivity index (χ0) is 24.8. The average Bonchev–Trinajstić information content (AvgIpc) is 2.63. The van der Waals surface area contributed by atoms with E-state index in [1.165, 1.54) is 0 Å². The Balaban J connectivity index is 1.84. The number of piperidine rings is 2. The highest BCUT2D eigenvalue weighted by molar-refractivity contribution is 5.34. The Labute approximate surface area is 194 Å². The molecule has 12 heteroatoms. The van der Waals surface area contributed by atoms with E-state index in [9.17, 15) is 10.4 Å². The lowest BCUT2D eigenvalue weighted by atomic mass is 9.79. The third kappa shape index (κ3) is 5.47. The monoisotopic (exact) mass is 461 g/mol. The van der Waals surface area contributed by atoms with Crippen molar-refractivity contribution in [1.29, 1.82) is 0 Å². The molecule has 1 aromatic heterocycles. The lowest BCUT2D eigenvalue weighted by Crippen LogP contribution is -2.60. The number of nitrogens with one attached hydrogen (secondary N) is 1. The first-order valence-corrected chi connectivity index (χ1v) is 11.3. The van der Waals surface area contributed by atoms with Crippen molar-refractivity contribution in [2.45, 2.75) is 115 Å². The summed E-state index contributed by atoms with van der Waals surface area (Å²) in [4.78, 5) is 15.5. The molecule has 12 nitrogen and oxygen atoms in total. The summed E-state index contributed by atoms with van der Waals surface area (Å²) in [7, 11) is 0. The largest absolute Gasteiger partial charge is 0.460 e. The van der Waals surface area contributed by atoms with Gasteiger partial charge >= 0.3 is 6.01 Å². The molecule has 182 valence electrons. The van der Waals surface area contributed by atoms with E-state index in [-0.39, 0.29) is 30.1 Å². The Hall–Kier alpha value is -2.24. The second-order valence-corrected chi connectivity index (χ2v) is 11.7. The molecule has 2 aliphatic heterocycles. The van der Waals surface area contributed by atoms with Gasteiger partial charge in [0.15, 0.2) is 0 Å². The smallest absolute Gasteiger partial charge is 0.321 e. The number of ether oxygens (including phenoxy) is 1. The molecular weight excluding hydrogens is 426 g/mol. The van der Waals surface area contributed by atoms with Gasteiger partial charge in [-0.25, -0.2) is 0 Å². The number of nitrogens with zero attached hydrogens (tertiary/aromatic N) is 8. The molecule has 3 heterocycles. The summed E-state index contributed by atoms with van der Waals surface area (Å²) in [6, 6.07) is -0.0402. The standard InChI is InChI=1S/C21H35N9O3/c1-18(2)9-13(10-19(3,4)29(18)31)23-15-24-16(27-28-22)26-17(25-15)33-14-11-20(5,6)30(32)21(7,8)12-14/h13-14H,9-12H2,1-8H3,(H,23,24,25,26). The molecule has 0 spiro atoms. The van der Waals surface area contributed by atoms with Crippen LogP contribution in [0.3, 0.4) is 0 Å². The topological polar surface area (TPSA) is 155 Å². The first-order chi connectivity index (χ1) is 15.1. The highest BCUT2D eigenvalue weighted by atomic mass is 16.5. The van der Waals surface area contributed by atoms with Crippen LogP contribution in [-0.4, -0.2) is 59.4 Å². The van der Waals surface area contributed by atoms with E-state index in [4.69, 9.17) is 10.3 Å². The van der Waals surface area contributed by atoms with Gasteiger partial charge in [0.2, 0.25) is 11.9 Å². The van der Waals surface area contributed by atoms with Crippen molar-refractivity contribution in [1.82, 2.24) is 25.1 Å². The number of aromatic nitrogens is 3. The molecule has 2 aliphatic rings. The zero-order valence-electron chi connectivity index (χ0n) is 20.8. The van der Waals surface area contributed by atoms with Gasteiger partial charge in [-0.15, -0.1) is 20.5 Å². The molecule has 0 unspecified atom stereocenters. The maximum absolute atomic E-state index is 12.7. The van der Waals surface area contributed by atoms with Gasteiger partial charge in [0.25, 0.3) is 0 Å². The fourth-order valence-electron chi connectivity index (χ4n) is 5.50. The molecule has 0 amide bonds. The third-order valence-electron chi connectivity index (χ3n) is 6.49. The van der Waals surface area contributed by atoms with E-state index in [2.05, 4.69) is 30.3 Å². The van der Waals surface area contributed by atoms with Crippen LogP contribution < -0.4 is 10.1 Å². The fraction of sp³-hybridized carbons (Fsp3) is 0.857. The summed E-state index contributed by atoms with van der Waals surface area (Å²) in [5.41, 5.74) is 6.53. The van der Waals surface area contributed by atoms with Gasteiger partial charge in [0.1, 0.15) is 6.10 Å². The Morgan fingerprint density at radius 1 is 0.879 bits per heavy atom. The lowest BCUT2D eigenvalue weighted by Gasteiger charge is -2.50. The number of hydrogen-bond acceptors (Lipinski definition) is 8. The van der Waals surface area contributed by atoms with Crippen molar-refractivity contribution in [2.24, 2.45) is 5.11 Å². The van der Waals surface area contributed by atoms with E-state index in [1.54, 1.807) is 0 Å². The average molecular weight is 462 g/mol. The first kappa shape index (κ1) is 25.4. The molecule has 2 saturated heterocycles. The Morgan fingerprint density at radius 3 is 1.85 bits per heavy atom. The number of hydrogen-bond donors (Lipinski definition) is 1. The Kier molecular flexibility index (Phi) is 6.55. The van der Waals surface area contributed by atoms with Gasteiger partial charge in [-0.1, -0.05) is 0 Å². The number of rotatable bonds is 5.